The van der Waals surface area contributed by atoms with Gasteiger partial charge in [-0.15, -0.1) is 0 Å². The van der Waals surface area contributed by atoms with Crippen molar-refractivity contribution in [3.8, 4) is 0 Å². The number of esters is 1. The third-order valence-electron chi connectivity index (χ3n) is 6.69. The van der Waals surface area contributed by atoms with Gasteiger partial charge in [0, 0.05) is 17.9 Å². The lowest BCUT2D eigenvalue weighted by Crippen LogP contribution is -2.62. The summed E-state index contributed by atoms with van der Waals surface area (Å²) in [7, 11) is 0. The van der Waals surface area contributed by atoms with E-state index in [9.17, 15) is 4.79 Å². The van der Waals surface area contributed by atoms with Crippen molar-refractivity contribution in [3.05, 3.63) is 12.7 Å². The van der Waals surface area contributed by atoms with Gasteiger partial charge in [0.05, 0.1) is 25.4 Å². The number of carbonyl (C=O) groups is 1. The van der Waals surface area contributed by atoms with Gasteiger partial charge in [0.1, 0.15) is 5.60 Å². The SMILES string of the molecule is C=CC(=O)OC12CC3CC(CC(OCC4(CC)COC4)(C3)C1)C2. The Hall–Kier alpha value is -0.870. The van der Waals surface area contributed by atoms with E-state index >= 15 is 0 Å². The van der Waals surface area contributed by atoms with Crippen LogP contribution in [0.1, 0.15) is 51.9 Å². The monoisotopic (exact) mass is 320 g/mol. The maximum atomic E-state index is 11.8. The van der Waals surface area contributed by atoms with Crippen LogP contribution in [0.4, 0.5) is 0 Å². The van der Waals surface area contributed by atoms with Gasteiger partial charge >= 0.3 is 5.97 Å². The zero-order chi connectivity index (χ0) is 16.1. The van der Waals surface area contributed by atoms with Gasteiger partial charge in [0.15, 0.2) is 0 Å². The van der Waals surface area contributed by atoms with Crippen molar-refractivity contribution >= 4 is 5.97 Å². The molecule has 0 radical (unpaired) electrons. The molecule has 4 saturated carbocycles. The minimum absolute atomic E-state index is 0.0801. The molecule has 4 bridgehead atoms. The van der Waals surface area contributed by atoms with E-state index in [-0.39, 0.29) is 22.6 Å². The lowest BCUT2D eigenvalue weighted by atomic mass is 9.52. The topological polar surface area (TPSA) is 44.8 Å². The standard InChI is InChI=1S/C19H28O4/c1-3-16(20)23-19-8-14-5-15(9-19)7-18(6-14,10-19)22-13-17(4-2)11-21-12-17/h3,14-15H,1,4-13H2,2H3. The molecule has 4 heteroatoms. The number of ether oxygens (including phenoxy) is 3. The minimum atomic E-state index is -0.301. The summed E-state index contributed by atoms with van der Waals surface area (Å²) >= 11 is 0. The second kappa shape index (κ2) is 5.32. The molecule has 23 heavy (non-hydrogen) atoms. The zero-order valence-electron chi connectivity index (χ0n) is 14.1. The summed E-state index contributed by atoms with van der Waals surface area (Å²) in [6.45, 7) is 8.21. The molecule has 2 unspecified atom stereocenters. The third-order valence-corrected chi connectivity index (χ3v) is 6.69. The molecule has 2 atom stereocenters. The Bertz CT molecular complexity index is 488. The van der Waals surface area contributed by atoms with Crippen molar-refractivity contribution in [1.29, 1.82) is 0 Å². The van der Waals surface area contributed by atoms with Crippen LogP contribution in [0.2, 0.25) is 0 Å². The van der Waals surface area contributed by atoms with Crippen molar-refractivity contribution in [2.45, 2.75) is 63.1 Å². The fourth-order valence-electron chi connectivity index (χ4n) is 5.73. The van der Waals surface area contributed by atoms with Crippen LogP contribution in [-0.2, 0) is 19.0 Å². The molecule has 1 aliphatic heterocycles. The summed E-state index contributed by atoms with van der Waals surface area (Å²) in [5.41, 5.74) is -0.164. The molecule has 128 valence electrons. The van der Waals surface area contributed by atoms with E-state index in [0.29, 0.717) is 11.8 Å². The van der Waals surface area contributed by atoms with Gasteiger partial charge in [0.2, 0.25) is 0 Å². The van der Waals surface area contributed by atoms with E-state index in [1.165, 1.54) is 12.5 Å². The molecular weight excluding hydrogens is 292 g/mol. The Morgan fingerprint density at radius 1 is 1.22 bits per heavy atom. The van der Waals surface area contributed by atoms with Gasteiger partial charge in [-0.2, -0.15) is 0 Å². The Morgan fingerprint density at radius 3 is 2.39 bits per heavy atom. The smallest absolute Gasteiger partial charge is 0.330 e. The van der Waals surface area contributed by atoms with Crippen LogP contribution in [-0.4, -0.2) is 37.0 Å². The summed E-state index contributed by atoms with van der Waals surface area (Å²) in [4.78, 5) is 11.8. The van der Waals surface area contributed by atoms with E-state index in [2.05, 4.69) is 13.5 Å². The highest BCUT2D eigenvalue weighted by atomic mass is 16.6. The molecule has 1 saturated heterocycles. The van der Waals surface area contributed by atoms with Crippen LogP contribution in [0.5, 0.6) is 0 Å². The molecule has 0 amide bonds. The molecule has 0 aromatic rings. The van der Waals surface area contributed by atoms with Crippen molar-refractivity contribution in [3.63, 3.8) is 0 Å². The molecule has 0 aromatic carbocycles. The van der Waals surface area contributed by atoms with Gasteiger partial charge in [-0.3, -0.25) is 0 Å². The second-order valence-corrected chi connectivity index (χ2v) is 8.59. The zero-order valence-corrected chi connectivity index (χ0v) is 14.1. The highest BCUT2D eigenvalue weighted by molar-refractivity contribution is 5.81. The maximum absolute atomic E-state index is 11.8. The lowest BCUT2D eigenvalue weighted by molar-refractivity contribution is -0.253. The van der Waals surface area contributed by atoms with Crippen molar-refractivity contribution in [2.24, 2.45) is 17.3 Å². The van der Waals surface area contributed by atoms with Gasteiger partial charge in [0.25, 0.3) is 0 Å². The van der Waals surface area contributed by atoms with Gasteiger partial charge in [-0.1, -0.05) is 13.5 Å². The van der Waals surface area contributed by atoms with Crippen molar-refractivity contribution in [2.75, 3.05) is 19.8 Å². The Morgan fingerprint density at radius 2 is 1.87 bits per heavy atom. The van der Waals surface area contributed by atoms with E-state index in [1.54, 1.807) is 0 Å². The van der Waals surface area contributed by atoms with E-state index in [1.807, 2.05) is 0 Å². The molecule has 1 heterocycles. The summed E-state index contributed by atoms with van der Waals surface area (Å²) in [5.74, 6) is 1.01. The molecule has 0 N–H and O–H groups in total. The maximum Gasteiger partial charge on any atom is 0.330 e. The first-order chi connectivity index (χ1) is 11.0. The summed E-state index contributed by atoms with van der Waals surface area (Å²) < 4.78 is 17.9. The Labute approximate surface area is 138 Å². The highest BCUT2D eigenvalue weighted by Gasteiger charge is 2.60. The largest absolute Gasteiger partial charge is 0.456 e. The Balaban J connectivity index is 1.50. The molecular formula is C19H28O4. The summed E-state index contributed by atoms with van der Waals surface area (Å²) in [6, 6.07) is 0. The number of carbonyl (C=O) groups excluding carboxylic acids is 1. The molecule has 5 fully saturated rings. The lowest BCUT2D eigenvalue weighted by Gasteiger charge is -2.61. The number of hydrogen-bond donors (Lipinski definition) is 0. The fraction of sp³-hybridized carbons (Fsp3) is 0.842. The highest BCUT2D eigenvalue weighted by Crippen LogP contribution is 2.60. The first-order valence-corrected chi connectivity index (χ1v) is 9.07. The molecule has 4 aliphatic carbocycles. The van der Waals surface area contributed by atoms with Crippen LogP contribution in [0, 0.1) is 17.3 Å². The predicted molar refractivity (Wildman–Crippen MR) is 85.9 cm³/mol. The average molecular weight is 320 g/mol. The molecule has 4 nitrogen and oxygen atoms in total. The normalized spacial score (nSPS) is 43.0. The number of rotatable bonds is 6. The van der Waals surface area contributed by atoms with E-state index in [4.69, 9.17) is 14.2 Å². The summed E-state index contributed by atoms with van der Waals surface area (Å²) in [6.07, 6.45) is 8.84. The first kappa shape index (κ1) is 15.6. The fourth-order valence-corrected chi connectivity index (χ4v) is 5.73. The predicted octanol–water partition coefficient (Wildman–Crippen LogP) is 3.25. The van der Waals surface area contributed by atoms with Crippen molar-refractivity contribution in [1.82, 2.24) is 0 Å². The summed E-state index contributed by atoms with van der Waals surface area (Å²) in [5, 5.41) is 0. The van der Waals surface area contributed by atoms with Crippen LogP contribution in [0.15, 0.2) is 12.7 Å². The van der Waals surface area contributed by atoms with Crippen LogP contribution in [0.25, 0.3) is 0 Å². The second-order valence-electron chi connectivity index (χ2n) is 8.59. The Kier molecular flexibility index (Phi) is 3.62. The third kappa shape index (κ3) is 2.64. The quantitative estimate of drug-likeness (QED) is 0.557. The van der Waals surface area contributed by atoms with Crippen molar-refractivity contribution < 1.29 is 19.0 Å². The molecule has 0 spiro atoms. The van der Waals surface area contributed by atoms with Crippen LogP contribution in [0.3, 0.4) is 0 Å². The van der Waals surface area contributed by atoms with Crippen LogP contribution < -0.4 is 0 Å². The average Bonchev–Trinajstić information content (AvgIpc) is 2.44. The molecule has 5 aliphatic rings. The van der Waals surface area contributed by atoms with Gasteiger partial charge < -0.3 is 14.2 Å². The minimum Gasteiger partial charge on any atom is -0.456 e. The first-order valence-electron chi connectivity index (χ1n) is 9.07. The van der Waals surface area contributed by atoms with Gasteiger partial charge in [-0.25, -0.2) is 4.79 Å². The number of hydrogen-bond acceptors (Lipinski definition) is 4. The molecule has 5 rings (SSSR count). The van der Waals surface area contributed by atoms with E-state index < -0.39 is 0 Å². The van der Waals surface area contributed by atoms with Crippen LogP contribution >= 0.6 is 0 Å². The molecule has 0 aromatic heterocycles. The van der Waals surface area contributed by atoms with Gasteiger partial charge in [-0.05, 0) is 50.4 Å². The van der Waals surface area contributed by atoms with E-state index in [0.717, 1.165) is 58.3 Å².